The van der Waals surface area contributed by atoms with Gasteiger partial charge in [-0.25, -0.2) is 0 Å². The zero-order valence-electron chi connectivity index (χ0n) is 12.8. The number of fused-ring (bicyclic) bond motifs is 1. The second kappa shape index (κ2) is 7.00. The van der Waals surface area contributed by atoms with E-state index in [1.54, 1.807) is 29.5 Å². The monoisotopic (exact) mass is 423 g/mol. The summed E-state index contributed by atoms with van der Waals surface area (Å²) in [5.41, 5.74) is 0.908. The Labute approximate surface area is 155 Å². The summed E-state index contributed by atoms with van der Waals surface area (Å²) in [4.78, 5) is 28.7. The van der Waals surface area contributed by atoms with Crippen molar-refractivity contribution in [1.82, 2.24) is 14.9 Å². The van der Waals surface area contributed by atoms with E-state index >= 15 is 0 Å². The molecule has 1 amide bonds. The molecule has 0 fully saturated rings. The number of thiophene rings is 1. The van der Waals surface area contributed by atoms with E-state index < -0.39 is 0 Å². The van der Waals surface area contributed by atoms with E-state index in [0.29, 0.717) is 34.3 Å². The molecule has 0 atom stereocenters. The number of hydrogen-bond acceptors (Lipinski definition) is 4. The van der Waals surface area contributed by atoms with E-state index in [0.717, 1.165) is 8.66 Å². The highest BCUT2D eigenvalue weighted by Crippen LogP contribution is 2.21. The molecular weight excluding hydrogens is 410 g/mol. The van der Waals surface area contributed by atoms with Gasteiger partial charge in [-0.1, -0.05) is 0 Å². The van der Waals surface area contributed by atoms with Crippen LogP contribution >= 0.6 is 39.5 Å². The van der Waals surface area contributed by atoms with Crippen molar-refractivity contribution in [3.05, 3.63) is 59.7 Å². The molecule has 0 saturated heterocycles. The maximum Gasteiger partial charge on any atom is 0.262 e. The van der Waals surface area contributed by atoms with Crippen LogP contribution in [0.15, 0.2) is 38.9 Å². The lowest BCUT2D eigenvalue weighted by atomic mass is 10.1. The highest BCUT2D eigenvalue weighted by Gasteiger charge is 2.10. The van der Waals surface area contributed by atoms with Crippen LogP contribution < -0.4 is 10.9 Å². The maximum atomic E-state index is 12.3. The number of nitrogens with zero attached hydrogens (tertiary/aromatic N) is 1. The van der Waals surface area contributed by atoms with Crippen molar-refractivity contribution in [2.45, 2.75) is 20.0 Å². The number of benzene rings is 1. The van der Waals surface area contributed by atoms with Gasteiger partial charge < -0.3 is 10.3 Å². The molecule has 5 nitrogen and oxygen atoms in total. The number of aromatic nitrogens is 2. The molecular formula is C16H14BrN3O2S2. The van der Waals surface area contributed by atoms with Gasteiger partial charge in [-0.2, -0.15) is 0 Å². The number of carbonyl (C=O) groups is 1. The maximum absolute atomic E-state index is 12.3. The largest absolute Gasteiger partial charge is 0.347 e. The highest BCUT2D eigenvalue weighted by molar-refractivity contribution is 9.11. The lowest BCUT2D eigenvalue weighted by Crippen LogP contribution is -2.23. The van der Waals surface area contributed by atoms with Gasteiger partial charge in [0.05, 0.1) is 21.2 Å². The molecule has 0 aliphatic carbocycles. The van der Waals surface area contributed by atoms with Gasteiger partial charge in [0.2, 0.25) is 0 Å². The smallest absolute Gasteiger partial charge is 0.262 e. The first-order chi connectivity index (χ1) is 11.5. The van der Waals surface area contributed by atoms with Gasteiger partial charge in [0.1, 0.15) is 0 Å². The molecule has 0 unspecified atom stereocenters. The number of hydrogen-bond donors (Lipinski definition) is 2. The first-order valence-electron chi connectivity index (χ1n) is 7.29. The molecule has 124 valence electrons. The molecule has 2 N–H and O–H groups in total. The molecule has 24 heavy (non-hydrogen) atoms. The lowest BCUT2D eigenvalue weighted by Gasteiger charge is -2.08. The summed E-state index contributed by atoms with van der Waals surface area (Å²) in [6.07, 6.45) is 0. The Kier molecular flexibility index (Phi) is 4.98. The Hall–Kier alpha value is -1.77. The summed E-state index contributed by atoms with van der Waals surface area (Å²) < 4.78 is 2.87. The van der Waals surface area contributed by atoms with Gasteiger partial charge in [-0.3, -0.25) is 14.2 Å². The molecule has 1 aromatic carbocycles. The van der Waals surface area contributed by atoms with E-state index in [-0.39, 0.29) is 11.5 Å². The van der Waals surface area contributed by atoms with Crippen LogP contribution in [0.4, 0.5) is 0 Å². The fourth-order valence-corrected chi connectivity index (χ4v) is 4.14. The molecule has 0 radical (unpaired) electrons. The summed E-state index contributed by atoms with van der Waals surface area (Å²) >= 11 is 10.2. The number of carbonyl (C=O) groups excluding carboxylic acids is 1. The van der Waals surface area contributed by atoms with Crippen molar-refractivity contribution in [3.63, 3.8) is 0 Å². The second-order valence-corrected chi connectivity index (χ2v) is 8.06. The Morgan fingerprint density at radius 1 is 1.38 bits per heavy atom. The van der Waals surface area contributed by atoms with Crippen LogP contribution in [0.1, 0.15) is 22.2 Å². The second-order valence-electron chi connectivity index (χ2n) is 5.13. The molecule has 0 bridgehead atoms. The van der Waals surface area contributed by atoms with Crippen LogP contribution in [0, 0.1) is 4.77 Å². The van der Waals surface area contributed by atoms with Gasteiger partial charge in [-0.05, 0) is 65.4 Å². The first-order valence-corrected chi connectivity index (χ1v) is 9.30. The zero-order chi connectivity index (χ0) is 17.3. The summed E-state index contributed by atoms with van der Waals surface area (Å²) in [5.74, 6) is -0.194. The summed E-state index contributed by atoms with van der Waals surface area (Å²) in [5, 5.41) is 3.39. The third kappa shape index (κ3) is 3.35. The van der Waals surface area contributed by atoms with Crippen molar-refractivity contribution < 1.29 is 4.79 Å². The average Bonchev–Trinajstić information content (AvgIpc) is 2.98. The average molecular weight is 424 g/mol. The third-order valence-corrected chi connectivity index (χ3v) is 5.56. The summed E-state index contributed by atoms with van der Waals surface area (Å²) in [7, 11) is 0. The minimum Gasteiger partial charge on any atom is -0.347 e. The summed E-state index contributed by atoms with van der Waals surface area (Å²) in [6, 6.07) is 8.87. The van der Waals surface area contributed by atoms with Crippen molar-refractivity contribution in [3.8, 4) is 0 Å². The molecule has 2 heterocycles. The van der Waals surface area contributed by atoms with E-state index in [1.165, 1.54) is 4.57 Å². The molecule has 3 aromatic rings. The van der Waals surface area contributed by atoms with Gasteiger partial charge in [0.25, 0.3) is 11.5 Å². The van der Waals surface area contributed by atoms with Crippen molar-refractivity contribution in [2.75, 3.05) is 0 Å². The van der Waals surface area contributed by atoms with Crippen molar-refractivity contribution in [1.29, 1.82) is 0 Å². The van der Waals surface area contributed by atoms with Gasteiger partial charge in [0, 0.05) is 17.0 Å². The van der Waals surface area contributed by atoms with Gasteiger partial charge in [-0.15, -0.1) is 11.3 Å². The van der Waals surface area contributed by atoms with Crippen molar-refractivity contribution >= 4 is 56.3 Å². The predicted molar refractivity (Wildman–Crippen MR) is 102 cm³/mol. The third-order valence-electron chi connectivity index (χ3n) is 3.61. The van der Waals surface area contributed by atoms with Crippen LogP contribution in [0.25, 0.3) is 10.9 Å². The minimum absolute atomic E-state index is 0.147. The number of nitrogens with one attached hydrogen (secondary N) is 2. The quantitative estimate of drug-likeness (QED) is 0.626. The van der Waals surface area contributed by atoms with Crippen LogP contribution in [0.3, 0.4) is 0 Å². The summed E-state index contributed by atoms with van der Waals surface area (Å²) in [6.45, 7) is 2.82. The molecule has 0 aliphatic rings. The van der Waals surface area contributed by atoms with E-state index in [2.05, 4.69) is 26.2 Å². The predicted octanol–water partition coefficient (Wildman–Crippen LogP) is 3.83. The number of H-pyrrole nitrogens is 1. The van der Waals surface area contributed by atoms with Crippen LogP contribution in [-0.2, 0) is 13.1 Å². The number of aromatic amines is 1. The number of halogens is 1. The number of amides is 1. The first kappa shape index (κ1) is 17.1. The van der Waals surface area contributed by atoms with Crippen molar-refractivity contribution in [2.24, 2.45) is 0 Å². The molecule has 0 saturated carbocycles. The fourth-order valence-electron chi connectivity index (χ4n) is 2.40. The van der Waals surface area contributed by atoms with E-state index in [1.807, 2.05) is 19.1 Å². The van der Waals surface area contributed by atoms with Gasteiger partial charge >= 0.3 is 0 Å². The number of rotatable bonds is 4. The lowest BCUT2D eigenvalue weighted by molar-refractivity contribution is 0.0951. The molecule has 2 aromatic heterocycles. The molecule has 0 aliphatic heterocycles. The normalized spacial score (nSPS) is 10.9. The van der Waals surface area contributed by atoms with E-state index in [9.17, 15) is 9.59 Å². The SMILES string of the molecule is CCn1c(=S)[nH]c2cc(C(=O)NCc3ccc(Br)s3)ccc2c1=O. The van der Waals surface area contributed by atoms with Crippen LogP contribution in [-0.4, -0.2) is 15.5 Å². The van der Waals surface area contributed by atoms with Crippen LogP contribution in [0.5, 0.6) is 0 Å². The Bertz CT molecular complexity index is 1040. The topological polar surface area (TPSA) is 66.9 Å². The minimum atomic E-state index is -0.194. The van der Waals surface area contributed by atoms with E-state index in [4.69, 9.17) is 12.2 Å². The Balaban J connectivity index is 1.88. The fraction of sp³-hybridized carbons (Fsp3) is 0.188. The highest BCUT2D eigenvalue weighted by atomic mass is 79.9. The molecule has 8 heteroatoms. The van der Waals surface area contributed by atoms with Gasteiger partial charge in [0.15, 0.2) is 4.77 Å². The Morgan fingerprint density at radius 2 is 2.17 bits per heavy atom. The molecule has 0 spiro atoms. The van der Waals surface area contributed by atoms with Crippen LogP contribution in [0.2, 0.25) is 0 Å². The Morgan fingerprint density at radius 3 is 2.83 bits per heavy atom. The standard InChI is InChI=1S/C16H14BrN3O2S2/c1-2-20-15(22)11-5-3-9(7-12(11)19-16(20)23)14(21)18-8-10-4-6-13(17)24-10/h3-7H,2,8H2,1H3,(H,18,21)(H,19,23). The molecule has 3 rings (SSSR count). The zero-order valence-corrected chi connectivity index (χ0v) is 16.0.